The third-order valence-corrected chi connectivity index (χ3v) is 5.53. The van der Waals surface area contributed by atoms with Crippen LogP contribution in [0, 0.1) is 17.2 Å². The van der Waals surface area contributed by atoms with Gasteiger partial charge >= 0.3 is 0 Å². The van der Waals surface area contributed by atoms with Crippen LogP contribution >= 0.6 is 11.8 Å². The van der Waals surface area contributed by atoms with Crippen molar-refractivity contribution in [1.29, 1.82) is 5.26 Å². The second-order valence-electron chi connectivity index (χ2n) is 6.63. The first-order chi connectivity index (χ1) is 13.1. The highest BCUT2D eigenvalue weighted by Gasteiger charge is 2.29. The Hall–Kier alpha value is -2.78. The molecule has 0 unspecified atom stereocenters. The number of nitriles is 1. The fourth-order valence-corrected chi connectivity index (χ4v) is 3.64. The van der Waals surface area contributed by atoms with Gasteiger partial charge in [0.1, 0.15) is 0 Å². The average Bonchev–Trinajstić information content (AvgIpc) is 3.52. The standard InChI is InChI=1S/C21H21N3O2S/c1-14(16-9-10-16)23-21(26)18-7-2-3-8-19(18)27-13-20(25)24-17-6-4-5-15(11-17)12-22/h2-8,11,14,16H,9-10,13H2,1H3,(H,23,26)(H,24,25)/t14-/m1/s1. The Labute approximate surface area is 163 Å². The fourth-order valence-electron chi connectivity index (χ4n) is 2.79. The van der Waals surface area contributed by atoms with E-state index in [9.17, 15) is 9.59 Å². The van der Waals surface area contributed by atoms with E-state index in [1.54, 1.807) is 30.3 Å². The summed E-state index contributed by atoms with van der Waals surface area (Å²) < 4.78 is 0. The molecular formula is C21H21N3O2S. The Balaban J connectivity index is 1.59. The van der Waals surface area contributed by atoms with E-state index in [4.69, 9.17) is 5.26 Å². The summed E-state index contributed by atoms with van der Waals surface area (Å²) in [6.45, 7) is 2.04. The number of amides is 2. The van der Waals surface area contributed by atoms with E-state index in [-0.39, 0.29) is 23.6 Å². The van der Waals surface area contributed by atoms with Crippen LogP contribution in [-0.4, -0.2) is 23.6 Å². The molecule has 27 heavy (non-hydrogen) atoms. The summed E-state index contributed by atoms with van der Waals surface area (Å²) in [4.78, 5) is 25.6. The SMILES string of the molecule is C[C@@H](NC(=O)c1ccccc1SCC(=O)Nc1cccc(C#N)c1)C1CC1. The van der Waals surface area contributed by atoms with Gasteiger partial charge in [0.15, 0.2) is 0 Å². The third kappa shape index (κ3) is 5.35. The first-order valence-electron chi connectivity index (χ1n) is 8.89. The normalized spacial score (nSPS) is 14.1. The molecule has 0 spiro atoms. The minimum atomic E-state index is -0.184. The summed E-state index contributed by atoms with van der Waals surface area (Å²) in [5.74, 6) is 0.485. The van der Waals surface area contributed by atoms with E-state index < -0.39 is 0 Å². The van der Waals surface area contributed by atoms with Crippen LogP contribution < -0.4 is 10.6 Å². The maximum Gasteiger partial charge on any atom is 0.252 e. The Morgan fingerprint density at radius 1 is 1.22 bits per heavy atom. The van der Waals surface area contributed by atoms with E-state index in [2.05, 4.69) is 10.6 Å². The molecule has 0 aromatic heterocycles. The molecule has 0 aliphatic heterocycles. The van der Waals surface area contributed by atoms with Crippen LogP contribution in [0.5, 0.6) is 0 Å². The molecule has 0 bridgehead atoms. The molecule has 0 radical (unpaired) electrons. The number of anilines is 1. The van der Waals surface area contributed by atoms with Crippen LogP contribution in [0.4, 0.5) is 5.69 Å². The Bertz CT molecular complexity index is 887. The number of hydrogen-bond donors (Lipinski definition) is 2. The van der Waals surface area contributed by atoms with Crippen LogP contribution in [0.2, 0.25) is 0 Å². The average molecular weight is 379 g/mol. The second-order valence-corrected chi connectivity index (χ2v) is 7.64. The molecule has 1 saturated carbocycles. The zero-order valence-corrected chi connectivity index (χ0v) is 15.9. The number of benzene rings is 2. The van der Waals surface area contributed by atoms with Crippen molar-refractivity contribution in [3.05, 3.63) is 59.7 Å². The minimum Gasteiger partial charge on any atom is -0.349 e. The molecule has 1 aliphatic rings. The van der Waals surface area contributed by atoms with Crippen molar-refractivity contribution in [2.75, 3.05) is 11.1 Å². The van der Waals surface area contributed by atoms with Gasteiger partial charge in [0.05, 0.1) is 22.9 Å². The predicted molar refractivity (Wildman–Crippen MR) is 107 cm³/mol. The second kappa shape index (κ2) is 8.74. The van der Waals surface area contributed by atoms with E-state index >= 15 is 0 Å². The maximum absolute atomic E-state index is 12.6. The highest BCUT2D eigenvalue weighted by Crippen LogP contribution is 2.32. The van der Waals surface area contributed by atoms with Crippen molar-refractivity contribution in [2.24, 2.45) is 5.92 Å². The Morgan fingerprint density at radius 2 is 2.00 bits per heavy atom. The molecule has 2 amide bonds. The van der Waals surface area contributed by atoms with Crippen LogP contribution in [0.25, 0.3) is 0 Å². The monoisotopic (exact) mass is 379 g/mol. The van der Waals surface area contributed by atoms with Crippen LogP contribution in [0.15, 0.2) is 53.4 Å². The first kappa shape index (κ1) is 19.0. The number of hydrogen-bond acceptors (Lipinski definition) is 4. The van der Waals surface area contributed by atoms with Gasteiger partial charge in [-0.25, -0.2) is 0 Å². The van der Waals surface area contributed by atoms with Crippen LogP contribution in [0.1, 0.15) is 35.7 Å². The van der Waals surface area contributed by atoms with Crippen molar-refractivity contribution in [2.45, 2.75) is 30.7 Å². The van der Waals surface area contributed by atoms with Crippen LogP contribution in [-0.2, 0) is 4.79 Å². The molecule has 2 N–H and O–H groups in total. The first-order valence-corrected chi connectivity index (χ1v) is 9.88. The summed E-state index contributed by atoms with van der Waals surface area (Å²) in [6, 6.07) is 16.3. The molecule has 138 valence electrons. The number of nitrogens with zero attached hydrogens (tertiary/aromatic N) is 1. The van der Waals surface area contributed by atoms with E-state index in [0.717, 1.165) is 4.90 Å². The van der Waals surface area contributed by atoms with Crippen molar-refractivity contribution < 1.29 is 9.59 Å². The molecule has 2 aromatic rings. The lowest BCUT2D eigenvalue weighted by Crippen LogP contribution is -2.34. The molecule has 1 aliphatic carbocycles. The molecule has 1 atom stereocenters. The molecular weight excluding hydrogens is 358 g/mol. The molecule has 3 rings (SSSR count). The third-order valence-electron chi connectivity index (χ3n) is 4.45. The topological polar surface area (TPSA) is 82.0 Å². The summed E-state index contributed by atoms with van der Waals surface area (Å²) in [7, 11) is 0. The van der Waals surface area contributed by atoms with E-state index in [1.807, 2.05) is 31.2 Å². The van der Waals surface area contributed by atoms with Gasteiger partial charge in [0.25, 0.3) is 5.91 Å². The van der Waals surface area contributed by atoms with Crippen molar-refractivity contribution >= 4 is 29.3 Å². The van der Waals surface area contributed by atoms with Gasteiger partial charge in [-0.05, 0) is 56.0 Å². The predicted octanol–water partition coefficient (Wildman–Crippen LogP) is 3.82. The molecule has 0 saturated heterocycles. The number of carbonyl (C=O) groups is 2. The van der Waals surface area contributed by atoms with Crippen LogP contribution in [0.3, 0.4) is 0 Å². The lowest BCUT2D eigenvalue weighted by atomic mass is 10.1. The number of carbonyl (C=O) groups excluding carboxylic acids is 2. The lowest BCUT2D eigenvalue weighted by Gasteiger charge is -2.15. The van der Waals surface area contributed by atoms with Gasteiger partial charge in [-0.1, -0.05) is 18.2 Å². The fraction of sp³-hybridized carbons (Fsp3) is 0.286. The highest BCUT2D eigenvalue weighted by molar-refractivity contribution is 8.00. The summed E-state index contributed by atoms with van der Waals surface area (Å²) in [5, 5.41) is 14.8. The largest absolute Gasteiger partial charge is 0.349 e. The molecule has 1 fully saturated rings. The van der Waals surface area contributed by atoms with Gasteiger partial charge in [-0.15, -0.1) is 11.8 Å². The summed E-state index contributed by atoms with van der Waals surface area (Å²) >= 11 is 1.33. The number of nitrogens with one attached hydrogen (secondary N) is 2. The Kier molecular flexibility index (Phi) is 6.15. The van der Waals surface area contributed by atoms with E-state index in [1.165, 1.54) is 24.6 Å². The zero-order valence-electron chi connectivity index (χ0n) is 15.1. The highest BCUT2D eigenvalue weighted by atomic mass is 32.2. The Morgan fingerprint density at radius 3 is 2.74 bits per heavy atom. The quantitative estimate of drug-likeness (QED) is 0.717. The maximum atomic E-state index is 12.6. The molecule has 0 heterocycles. The minimum absolute atomic E-state index is 0.0976. The lowest BCUT2D eigenvalue weighted by molar-refractivity contribution is -0.113. The van der Waals surface area contributed by atoms with E-state index in [0.29, 0.717) is 22.7 Å². The molecule has 5 nitrogen and oxygen atoms in total. The van der Waals surface area contributed by atoms with Gasteiger partial charge < -0.3 is 10.6 Å². The van der Waals surface area contributed by atoms with Gasteiger partial charge in [0, 0.05) is 16.6 Å². The molecule has 2 aromatic carbocycles. The van der Waals surface area contributed by atoms with Crippen molar-refractivity contribution in [3.8, 4) is 6.07 Å². The van der Waals surface area contributed by atoms with Crippen molar-refractivity contribution in [1.82, 2.24) is 5.32 Å². The molecule has 6 heteroatoms. The number of rotatable bonds is 7. The smallest absolute Gasteiger partial charge is 0.252 e. The summed E-state index contributed by atoms with van der Waals surface area (Å²) in [5.41, 5.74) is 1.67. The van der Waals surface area contributed by atoms with Gasteiger partial charge in [0.2, 0.25) is 5.91 Å². The van der Waals surface area contributed by atoms with Gasteiger partial charge in [-0.2, -0.15) is 5.26 Å². The number of thioether (sulfide) groups is 1. The van der Waals surface area contributed by atoms with Crippen molar-refractivity contribution in [3.63, 3.8) is 0 Å². The summed E-state index contributed by atoms with van der Waals surface area (Å²) in [6.07, 6.45) is 2.34. The van der Waals surface area contributed by atoms with Gasteiger partial charge in [-0.3, -0.25) is 9.59 Å². The zero-order chi connectivity index (χ0) is 19.2.